The fourth-order valence-corrected chi connectivity index (χ4v) is 2.79. The Morgan fingerprint density at radius 2 is 1.89 bits per heavy atom. The van der Waals surface area contributed by atoms with E-state index in [0.717, 1.165) is 19.3 Å². The van der Waals surface area contributed by atoms with Gasteiger partial charge in [0.25, 0.3) is 0 Å². The molecule has 5 nitrogen and oxygen atoms in total. The molecule has 0 aromatic rings. The Hall–Kier alpha value is -1.26. The third-order valence-corrected chi connectivity index (χ3v) is 4.24. The summed E-state index contributed by atoms with van der Waals surface area (Å²) in [6, 6.07) is -0.186. The van der Waals surface area contributed by atoms with Gasteiger partial charge in [0.2, 0.25) is 0 Å². The van der Waals surface area contributed by atoms with Gasteiger partial charge in [-0.05, 0) is 31.6 Å². The zero-order valence-corrected chi connectivity index (χ0v) is 12.2. The van der Waals surface area contributed by atoms with Gasteiger partial charge in [-0.1, -0.05) is 33.6 Å². The van der Waals surface area contributed by atoms with Crippen LogP contribution in [0.2, 0.25) is 0 Å². The number of amides is 2. The summed E-state index contributed by atoms with van der Waals surface area (Å²) >= 11 is 0. The highest BCUT2D eigenvalue weighted by Crippen LogP contribution is 2.23. The van der Waals surface area contributed by atoms with Crippen LogP contribution >= 0.6 is 0 Å². The number of hydrogen-bond acceptors (Lipinski definition) is 2. The van der Waals surface area contributed by atoms with Crippen molar-refractivity contribution in [2.75, 3.05) is 0 Å². The lowest BCUT2D eigenvalue weighted by atomic mass is 9.87. The number of rotatable bonds is 5. The second kappa shape index (κ2) is 6.78. The van der Waals surface area contributed by atoms with E-state index in [0.29, 0.717) is 18.8 Å². The molecule has 110 valence electrons. The molecule has 0 saturated heterocycles. The number of carbonyl (C=O) groups excluding carboxylic acids is 1. The van der Waals surface area contributed by atoms with Crippen LogP contribution < -0.4 is 10.6 Å². The number of hydrogen-bond donors (Lipinski definition) is 3. The van der Waals surface area contributed by atoms with Crippen molar-refractivity contribution in [3.63, 3.8) is 0 Å². The van der Waals surface area contributed by atoms with Gasteiger partial charge in [0, 0.05) is 6.04 Å². The van der Waals surface area contributed by atoms with E-state index in [2.05, 4.69) is 17.6 Å². The first-order chi connectivity index (χ1) is 8.93. The second-order valence-corrected chi connectivity index (χ2v) is 5.66. The molecule has 0 radical (unpaired) electrons. The van der Waals surface area contributed by atoms with Gasteiger partial charge >= 0.3 is 12.0 Å². The van der Waals surface area contributed by atoms with Crippen LogP contribution in [0.5, 0.6) is 0 Å². The molecular weight excluding hydrogens is 244 g/mol. The minimum Gasteiger partial charge on any atom is -0.480 e. The maximum absolute atomic E-state index is 12.0. The number of carboxylic acid groups (broad SMARTS) is 1. The Labute approximate surface area is 115 Å². The van der Waals surface area contributed by atoms with Crippen LogP contribution in [0, 0.1) is 5.92 Å². The van der Waals surface area contributed by atoms with E-state index in [9.17, 15) is 14.7 Å². The minimum absolute atomic E-state index is 0.170. The van der Waals surface area contributed by atoms with Crippen molar-refractivity contribution >= 4 is 12.0 Å². The largest absolute Gasteiger partial charge is 0.480 e. The van der Waals surface area contributed by atoms with Gasteiger partial charge in [-0.3, -0.25) is 0 Å². The Morgan fingerprint density at radius 3 is 2.37 bits per heavy atom. The van der Waals surface area contributed by atoms with Gasteiger partial charge in [0.1, 0.15) is 5.54 Å². The topological polar surface area (TPSA) is 78.4 Å². The van der Waals surface area contributed by atoms with Crippen molar-refractivity contribution in [3.8, 4) is 0 Å². The zero-order valence-electron chi connectivity index (χ0n) is 12.2. The summed E-state index contributed by atoms with van der Waals surface area (Å²) < 4.78 is 0. The average Bonchev–Trinajstić information content (AvgIpc) is 2.35. The molecule has 19 heavy (non-hydrogen) atoms. The van der Waals surface area contributed by atoms with Crippen molar-refractivity contribution in [1.82, 2.24) is 10.6 Å². The molecule has 1 aliphatic rings. The van der Waals surface area contributed by atoms with Crippen LogP contribution in [0.4, 0.5) is 4.79 Å². The predicted molar refractivity (Wildman–Crippen MR) is 74.0 cm³/mol. The number of urea groups is 1. The lowest BCUT2D eigenvalue weighted by molar-refractivity contribution is -0.144. The lowest BCUT2D eigenvalue weighted by Crippen LogP contribution is -2.58. The molecule has 2 unspecified atom stereocenters. The number of aliphatic carboxylic acids is 1. The molecule has 0 aromatic heterocycles. The molecule has 5 heteroatoms. The first-order valence-electron chi connectivity index (χ1n) is 7.25. The van der Waals surface area contributed by atoms with Gasteiger partial charge in [0.15, 0.2) is 0 Å². The van der Waals surface area contributed by atoms with Crippen LogP contribution in [0.3, 0.4) is 0 Å². The van der Waals surface area contributed by atoms with Crippen molar-refractivity contribution < 1.29 is 14.7 Å². The van der Waals surface area contributed by atoms with Crippen molar-refractivity contribution in [3.05, 3.63) is 0 Å². The Balaban J connectivity index is 2.55. The van der Waals surface area contributed by atoms with E-state index >= 15 is 0 Å². The molecule has 0 bridgehead atoms. The van der Waals surface area contributed by atoms with Crippen LogP contribution in [0.15, 0.2) is 0 Å². The Kier molecular flexibility index (Phi) is 5.63. The first-order valence-corrected chi connectivity index (χ1v) is 7.25. The SMILES string of the molecule is CCC(CC)(NC(=O)NC1CCCC(C)C1)C(=O)O. The standard InChI is InChI=1S/C14H26N2O3/c1-4-14(5-2,12(17)18)16-13(19)15-11-8-6-7-10(3)9-11/h10-11H,4-9H2,1-3H3,(H,17,18)(H2,15,16,19). The van der Waals surface area contributed by atoms with Crippen molar-refractivity contribution in [2.24, 2.45) is 5.92 Å². The normalized spacial score (nSPS) is 23.7. The number of carbonyl (C=O) groups is 2. The lowest BCUT2D eigenvalue weighted by Gasteiger charge is -2.31. The molecule has 1 saturated carbocycles. The summed E-state index contributed by atoms with van der Waals surface area (Å²) in [6.07, 6.45) is 5.06. The maximum Gasteiger partial charge on any atom is 0.329 e. The molecule has 1 aliphatic carbocycles. The Bertz CT molecular complexity index is 327. The third kappa shape index (κ3) is 4.11. The zero-order chi connectivity index (χ0) is 14.5. The molecule has 2 atom stereocenters. The molecule has 2 amide bonds. The highest BCUT2D eigenvalue weighted by molar-refractivity contribution is 5.86. The van der Waals surface area contributed by atoms with Gasteiger partial charge in [-0.15, -0.1) is 0 Å². The third-order valence-electron chi connectivity index (χ3n) is 4.24. The second-order valence-electron chi connectivity index (χ2n) is 5.66. The summed E-state index contributed by atoms with van der Waals surface area (Å²) in [5.74, 6) is -0.342. The summed E-state index contributed by atoms with van der Waals surface area (Å²) in [6.45, 7) is 5.74. The smallest absolute Gasteiger partial charge is 0.329 e. The molecule has 0 aromatic carbocycles. The Morgan fingerprint density at radius 1 is 1.26 bits per heavy atom. The fraction of sp³-hybridized carbons (Fsp3) is 0.857. The summed E-state index contributed by atoms with van der Waals surface area (Å²) in [4.78, 5) is 23.3. The maximum atomic E-state index is 12.0. The van der Waals surface area contributed by atoms with Crippen LogP contribution in [0.1, 0.15) is 59.3 Å². The predicted octanol–water partition coefficient (Wildman–Crippen LogP) is 2.51. The molecule has 0 heterocycles. The molecule has 0 spiro atoms. The summed E-state index contributed by atoms with van der Waals surface area (Å²) in [7, 11) is 0. The van der Waals surface area contributed by atoms with E-state index in [1.165, 1.54) is 6.42 Å². The van der Waals surface area contributed by atoms with Crippen LogP contribution in [0.25, 0.3) is 0 Å². The van der Waals surface area contributed by atoms with Gasteiger partial charge in [-0.25, -0.2) is 9.59 Å². The molecule has 1 rings (SSSR count). The number of carboxylic acids is 1. The van der Waals surface area contributed by atoms with E-state index in [-0.39, 0.29) is 12.1 Å². The van der Waals surface area contributed by atoms with E-state index in [4.69, 9.17) is 0 Å². The summed E-state index contributed by atoms with van der Waals surface area (Å²) in [5, 5.41) is 14.8. The van der Waals surface area contributed by atoms with E-state index < -0.39 is 11.5 Å². The van der Waals surface area contributed by atoms with Crippen molar-refractivity contribution in [1.29, 1.82) is 0 Å². The van der Waals surface area contributed by atoms with Gasteiger partial charge in [-0.2, -0.15) is 0 Å². The molecule has 3 N–H and O–H groups in total. The van der Waals surface area contributed by atoms with Crippen LogP contribution in [-0.2, 0) is 4.79 Å². The fourth-order valence-electron chi connectivity index (χ4n) is 2.79. The first kappa shape index (κ1) is 15.8. The van der Waals surface area contributed by atoms with Crippen molar-refractivity contribution in [2.45, 2.75) is 70.9 Å². The highest BCUT2D eigenvalue weighted by atomic mass is 16.4. The van der Waals surface area contributed by atoms with Crippen LogP contribution in [-0.4, -0.2) is 28.7 Å². The quantitative estimate of drug-likeness (QED) is 0.718. The highest BCUT2D eigenvalue weighted by Gasteiger charge is 2.36. The van der Waals surface area contributed by atoms with E-state index in [1.54, 1.807) is 13.8 Å². The molecular formula is C14H26N2O3. The molecule has 1 fully saturated rings. The summed E-state index contributed by atoms with van der Waals surface area (Å²) in [5.41, 5.74) is -1.15. The monoisotopic (exact) mass is 270 g/mol. The molecule has 0 aliphatic heterocycles. The average molecular weight is 270 g/mol. The number of nitrogens with one attached hydrogen (secondary N) is 2. The van der Waals surface area contributed by atoms with Gasteiger partial charge in [0.05, 0.1) is 0 Å². The minimum atomic E-state index is -1.15. The van der Waals surface area contributed by atoms with E-state index in [1.807, 2.05) is 0 Å². The van der Waals surface area contributed by atoms with Gasteiger partial charge < -0.3 is 15.7 Å².